The van der Waals surface area contributed by atoms with Crippen LogP contribution in [-0.2, 0) is 6.42 Å². The normalized spacial score (nSPS) is 17.4. The summed E-state index contributed by atoms with van der Waals surface area (Å²) in [6, 6.07) is 18.9. The SMILES string of the molecule is Cc1nc(N(C)I)nc2c1/C(=N/O)CC(c1ccccc1-c1ccccc1)C2. The second-order valence-electron chi connectivity index (χ2n) is 7.01. The molecule has 5 nitrogen and oxygen atoms in total. The highest BCUT2D eigenvalue weighted by molar-refractivity contribution is 14.1. The summed E-state index contributed by atoms with van der Waals surface area (Å²) in [5, 5.41) is 13.3. The third-order valence-corrected chi connectivity index (χ3v) is 5.63. The van der Waals surface area contributed by atoms with Crippen LogP contribution in [0.5, 0.6) is 0 Å². The van der Waals surface area contributed by atoms with E-state index in [1.807, 2.05) is 23.2 Å². The Morgan fingerprint density at radius 2 is 1.75 bits per heavy atom. The summed E-state index contributed by atoms with van der Waals surface area (Å²) in [5.74, 6) is 0.864. The quantitative estimate of drug-likeness (QED) is 0.242. The number of benzene rings is 2. The molecular formula is C22H21IN4O. The van der Waals surface area contributed by atoms with Gasteiger partial charge in [0.25, 0.3) is 0 Å². The van der Waals surface area contributed by atoms with Gasteiger partial charge in [-0.05, 0) is 36.0 Å². The second kappa shape index (κ2) is 7.87. The molecule has 6 heteroatoms. The number of oxime groups is 1. The van der Waals surface area contributed by atoms with Gasteiger partial charge in [0.1, 0.15) is 0 Å². The molecule has 0 saturated heterocycles. The highest BCUT2D eigenvalue weighted by Gasteiger charge is 2.30. The van der Waals surface area contributed by atoms with E-state index in [0.717, 1.165) is 23.4 Å². The highest BCUT2D eigenvalue weighted by atomic mass is 127. The van der Waals surface area contributed by atoms with E-state index in [1.165, 1.54) is 16.7 Å². The summed E-state index contributed by atoms with van der Waals surface area (Å²) in [7, 11) is 1.92. The van der Waals surface area contributed by atoms with E-state index in [9.17, 15) is 5.21 Å². The van der Waals surface area contributed by atoms with Crippen molar-refractivity contribution < 1.29 is 5.21 Å². The second-order valence-corrected chi connectivity index (χ2v) is 8.46. The molecule has 0 bridgehead atoms. The average Bonchev–Trinajstić information content (AvgIpc) is 2.73. The van der Waals surface area contributed by atoms with E-state index in [0.29, 0.717) is 18.1 Å². The van der Waals surface area contributed by atoms with Crippen molar-refractivity contribution in [3.05, 3.63) is 77.1 Å². The Hall–Kier alpha value is -2.48. The van der Waals surface area contributed by atoms with Crippen LogP contribution in [0.1, 0.15) is 34.9 Å². The Labute approximate surface area is 178 Å². The Morgan fingerprint density at radius 1 is 1.04 bits per heavy atom. The molecular weight excluding hydrogens is 463 g/mol. The van der Waals surface area contributed by atoms with E-state index in [4.69, 9.17) is 4.98 Å². The van der Waals surface area contributed by atoms with E-state index in [-0.39, 0.29) is 5.92 Å². The molecule has 0 fully saturated rings. The van der Waals surface area contributed by atoms with Gasteiger partial charge in [0.15, 0.2) is 0 Å². The Kier molecular flexibility index (Phi) is 5.30. The predicted molar refractivity (Wildman–Crippen MR) is 120 cm³/mol. The molecule has 0 saturated carbocycles. The molecule has 1 heterocycles. The smallest absolute Gasteiger partial charge is 0.234 e. The molecule has 0 spiro atoms. The summed E-state index contributed by atoms with van der Waals surface area (Å²) >= 11 is 2.17. The molecule has 1 atom stereocenters. The van der Waals surface area contributed by atoms with Crippen molar-refractivity contribution in [2.45, 2.75) is 25.7 Å². The predicted octanol–water partition coefficient (Wildman–Crippen LogP) is 5.15. The molecule has 1 aliphatic rings. The number of rotatable bonds is 3. The first kappa shape index (κ1) is 18.9. The van der Waals surface area contributed by atoms with Gasteiger partial charge in [-0.1, -0.05) is 59.8 Å². The zero-order valence-corrected chi connectivity index (χ0v) is 18.0. The van der Waals surface area contributed by atoms with E-state index in [2.05, 4.69) is 81.5 Å². The van der Waals surface area contributed by atoms with Crippen LogP contribution in [0.25, 0.3) is 11.1 Å². The first-order valence-electron chi connectivity index (χ1n) is 9.21. The molecule has 142 valence electrons. The number of fused-ring (bicyclic) bond motifs is 1. The fourth-order valence-corrected chi connectivity index (χ4v) is 4.18. The number of halogens is 1. The van der Waals surface area contributed by atoms with E-state index < -0.39 is 0 Å². The zero-order chi connectivity index (χ0) is 19.7. The van der Waals surface area contributed by atoms with Gasteiger partial charge in [-0.3, -0.25) is 3.11 Å². The van der Waals surface area contributed by atoms with Crippen molar-refractivity contribution in [1.82, 2.24) is 9.97 Å². The van der Waals surface area contributed by atoms with Crippen LogP contribution in [-0.4, -0.2) is 27.9 Å². The monoisotopic (exact) mass is 484 g/mol. The fraction of sp³-hybridized carbons (Fsp3) is 0.227. The van der Waals surface area contributed by atoms with Crippen LogP contribution in [0.3, 0.4) is 0 Å². The van der Waals surface area contributed by atoms with Gasteiger partial charge < -0.3 is 5.21 Å². The molecule has 28 heavy (non-hydrogen) atoms. The van der Waals surface area contributed by atoms with Crippen LogP contribution >= 0.6 is 22.9 Å². The van der Waals surface area contributed by atoms with Gasteiger partial charge in [0.05, 0.1) is 40.0 Å². The standard InChI is InChI=1S/C22H21IN4O/c1-14-21-19(25-22(24-14)27(2)23)12-16(13-20(21)26-28)18-11-7-6-10-17(18)15-8-4-3-5-9-15/h3-11,16,28H,12-13H2,1-2H3/b26-20+. The maximum Gasteiger partial charge on any atom is 0.234 e. The Balaban J connectivity index is 1.81. The Bertz CT molecular complexity index is 1030. The highest BCUT2D eigenvalue weighted by Crippen LogP contribution is 2.38. The van der Waals surface area contributed by atoms with Crippen LogP contribution in [0, 0.1) is 6.92 Å². The number of hydrogen-bond acceptors (Lipinski definition) is 5. The minimum absolute atomic E-state index is 0.191. The molecule has 2 aromatic carbocycles. The summed E-state index contributed by atoms with van der Waals surface area (Å²) in [6.07, 6.45) is 1.45. The van der Waals surface area contributed by atoms with Crippen molar-refractivity contribution in [3.63, 3.8) is 0 Å². The summed E-state index contributed by atoms with van der Waals surface area (Å²) < 4.78 is 1.88. The average molecular weight is 484 g/mol. The lowest BCUT2D eigenvalue weighted by Crippen LogP contribution is -2.24. The lowest BCUT2D eigenvalue weighted by Gasteiger charge is -2.28. The first-order chi connectivity index (χ1) is 13.6. The molecule has 4 rings (SSSR count). The maximum atomic E-state index is 9.71. The summed E-state index contributed by atoms with van der Waals surface area (Å²) in [6.45, 7) is 1.95. The molecule has 1 N–H and O–H groups in total. The van der Waals surface area contributed by atoms with Crippen molar-refractivity contribution >= 4 is 34.5 Å². The molecule has 0 amide bonds. The molecule has 3 aromatic rings. The minimum atomic E-state index is 0.191. The summed E-state index contributed by atoms with van der Waals surface area (Å²) in [4.78, 5) is 9.33. The third-order valence-electron chi connectivity index (χ3n) is 5.20. The van der Waals surface area contributed by atoms with Gasteiger partial charge in [-0.25, -0.2) is 9.97 Å². The number of aryl methyl sites for hydroxylation is 1. The number of hydrogen-bond donors (Lipinski definition) is 1. The van der Waals surface area contributed by atoms with Crippen molar-refractivity contribution in [3.8, 4) is 11.1 Å². The number of aromatic nitrogens is 2. The van der Waals surface area contributed by atoms with Crippen molar-refractivity contribution in [2.24, 2.45) is 5.16 Å². The Morgan fingerprint density at radius 3 is 2.46 bits per heavy atom. The minimum Gasteiger partial charge on any atom is -0.411 e. The maximum absolute atomic E-state index is 9.71. The van der Waals surface area contributed by atoms with Gasteiger partial charge in [-0.2, -0.15) is 0 Å². The largest absolute Gasteiger partial charge is 0.411 e. The molecule has 0 aliphatic heterocycles. The lowest BCUT2D eigenvalue weighted by molar-refractivity contribution is 0.316. The van der Waals surface area contributed by atoms with Gasteiger partial charge in [0.2, 0.25) is 5.95 Å². The van der Waals surface area contributed by atoms with Gasteiger partial charge in [-0.15, -0.1) is 0 Å². The van der Waals surface area contributed by atoms with Crippen LogP contribution in [0.4, 0.5) is 5.95 Å². The van der Waals surface area contributed by atoms with Gasteiger partial charge >= 0.3 is 0 Å². The number of anilines is 1. The third kappa shape index (κ3) is 3.48. The van der Waals surface area contributed by atoms with Crippen LogP contribution in [0.2, 0.25) is 0 Å². The van der Waals surface area contributed by atoms with Crippen molar-refractivity contribution in [2.75, 3.05) is 10.2 Å². The molecule has 0 radical (unpaired) electrons. The molecule has 1 aliphatic carbocycles. The van der Waals surface area contributed by atoms with Crippen LogP contribution in [0.15, 0.2) is 59.8 Å². The van der Waals surface area contributed by atoms with Gasteiger partial charge in [0, 0.05) is 19.0 Å². The first-order valence-corrected chi connectivity index (χ1v) is 10.2. The van der Waals surface area contributed by atoms with E-state index >= 15 is 0 Å². The van der Waals surface area contributed by atoms with E-state index in [1.54, 1.807) is 0 Å². The topological polar surface area (TPSA) is 61.6 Å². The molecule has 1 aromatic heterocycles. The van der Waals surface area contributed by atoms with Crippen molar-refractivity contribution in [1.29, 1.82) is 0 Å². The lowest BCUT2D eigenvalue weighted by atomic mass is 9.78. The van der Waals surface area contributed by atoms with Crippen LogP contribution < -0.4 is 3.11 Å². The zero-order valence-electron chi connectivity index (χ0n) is 15.8. The molecule has 1 unspecified atom stereocenters. The fourth-order valence-electron chi connectivity index (χ4n) is 3.96. The number of nitrogens with zero attached hydrogens (tertiary/aromatic N) is 4. The summed E-state index contributed by atoms with van der Waals surface area (Å²) in [5.41, 5.74) is 7.00.